The molecule has 0 amide bonds. The van der Waals surface area contributed by atoms with E-state index in [1.165, 1.54) is 0 Å². The van der Waals surface area contributed by atoms with Crippen LogP contribution in [0.25, 0.3) is 0 Å². The first-order valence-electron chi connectivity index (χ1n) is 3.80. The molecule has 6 heteroatoms. The molecule has 0 saturated heterocycles. The molecule has 0 bridgehead atoms. The third-order valence-corrected chi connectivity index (χ3v) is 1.53. The fraction of sp³-hybridized carbons (Fsp3) is 0.429. The zero-order valence-electron chi connectivity index (χ0n) is 7.32. The van der Waals surface area contributed by atoms with Gasteiger partial charge in [-0.2, -0.15) is 5.10 Å². The minimum absolute atomic E-state index is 0.0751. The maximum atomic E-state index is 10.2. The van der Waals surface area contributed by atoms with Crippen LogP contribution in [-0.4, -0.2) is 27.4 Å². The number of nitrogens with one attached hydrogen (secondary N) is 1. The lowest BCUT2D eigenvalue weighted by Crippen LogP contribution is -2.22. The number of anilines is 1. The van der Waals surface area contributed by atoms with E-state index in [1.807, 2.05) is 0 Å². The van der Waals surface area contributed by atoms with Crippen LogP contribution in [0.3, 0.4) is 0 Å². The maximum Gasteiger partial charge on any atom is 0.317 e. The molecule has 4 N–H and O–H groups in total. The smallest absolute Gasteiger partial charge is 0.317 e. The Bertz CT molecular complexity index is 307. The third kappa shape index (κ3) is 2.75. The van der Waals surface area contributed by atoms with Gasteiger partial charge in [-0.05, 0) is 0 Å². The fourth-order valence-corrected chi connectivity index (χ4v) is 0.995. The van der Waals surface area contributed by atoms with E-state index in [0.717, 1.165) is 5.56 Å². The highest BCUT2D eigenvalue weighted by Gasteiger charge is 2.03. The summed E-state index contributed by atoms with van der Waals surface area (Å²) >= 11 is 0. The Labute approximate surface area is 75.3 Å². The molecule has 0 aliphatic carbocycles. The fourth-order valence-electron chi connectivity index (χ4n) is 0.995. The molecule has 0 atom stereocenters. The zero-order chi connectivity index (χ0) is 9.84. The lowest BCUT2D eigenvalue weighted by atomic mass is 10.3. The predicted molar refractivity (Wildman–Crippen MR) is 47.0 cm³/mol. The van der Waals surface area contributed by atoms with Gasteiger partial charge >= 0.3 is 5.97 Å². The molecular formula is C7H12N4O2. The van der Waals surface area contributed by atoms with Crippen molar-refractivity contribution >= 4 is 11.8 Å². The van der Waals surface area contributed by atoms with Gasteiger partial charge in [-0.3, -0.25) is 9.48 Å². The van der Waals surface area contributed by atoms with Crippen molar-refractivity contribution in [2.24, 2.45) is 7.05 Å². The molecule has 0 aliphatic rings. The van der Waals surface area contributed by atoms with E-state index in [0.29, 0.717) is 12.4 Å². The van der Waals surface area contributed by atoms with Crippen LogP contribution in [-0.2, 0) is 18.4 Å². The monoisotopic (exact) mass is 184 g/mol. The molecule has 1 rings (SSSR count). The molecule has 6 nitrogen and oxygen atoms in total. The van der Waals surface area contributed by atoms with E-state index in [9.17, 15) is 4.79 Å². The second kappa shape index (κ2) is 3.90. The summed E-state index contributed by atoms with van der Waals surface area (Å²) < 4.78 is 1.59. The van der Waals surface area contributed by atoms with Gasteiger partial charge in [0.1, 0.15) is 5.82 Å². The number of aryl methyl sites for hydroxylation is 1. The van der Waals surface area contributed by atoms with E-state index in [2.05, 4.69) is 10.4 Å². The summed E-state index contributed by atoms with van der Waals surface area (Å²) in [5, 5.41) is 15.0. The summed E-state index contributed by atoms with van der Waals surface area (Å²) in [5.74, 6) is -0.456. The summed E-state index contributed by atoms with van der Waals surface area (Å²) in [6, 6.07) is 0. The highest BCUT2D eigenvalue weighted by molar-refractivity contribution is 5.69. The van der Waals surface area contributed by atoms with Crippen LogP contribution < -0.4 is 11.1 Å². The minimum atomic E-state index is -0.887. The van der Waals surface area contributed by atoms with Crippen molar-refractivity contribution in [3.8, 4) is 0 Å². The van der Waals surface area contributed by atoms with Gasteiger partial charge in [0.05, 0.1) is 6.54 Å². The molecule has 1 aromatic heterocycles. The molecule has 0 unspecified atom stereocenters. The number of carboxylic acids is 1. The lowest BCUT2D eigenvalue weighted by molar-refractivity contribution is -0.135. The highest BCUT2D eigenvalue weighted by Crippen LogP contribution is 2.06. The normalized spacial score (nSPS) is 10.2. The molecule has 13 heavy (non-hydrogen) atoms. The van der Waals surface area contributed by atoms with Gasteiger partial charge in [0.15, 0.2) is 0 Å². The van der Waals surface area contributed by atoms with Gasteiger partial charge < -0.3 is 16.2 Å². The maximum absolute atomic E-state index is 10.2. The molecule has 1 heterocycles. The van der Waals surface area contributed by atoms with Gasteiger partial charge in [-0.15, -0.1) is 0 Å². The van der Waals surface area contributed by atoms with Crippen molar-refractivity contribution in [2.45, 2.75) is 6.54 Å². The summed E-state index contributed by atoms with van der Waals surface area (Å²) in [7, 11) is 1.76. The van der Waals surface area contributed by atoms with Crippen molar-refractivity contribution in [3.63, 3.8) is 0 Å². The van der Waals surface area contributed by atoms with E-state index >= 15 is 0 Å². The number of nitrogens with two attached hydrogens (primary N) is 1. The van der Waals surface area contributed by atoms with E-state index in [-0.39, 0.29) is 6.54 Å². The Kier molecular flexibility index (Phi) is 2.86. The molecule has 0 aromatic carbocycles. The van der Waals surface area contributed by atoms with Crippen molar-refractivity contribution in [1.29, 1.82) is 0 Å². The molecule has 1 aromatic rings. The molecule has 0 aliphatic heterocycles. The van der Waals surface area contributed by atoms with Crippen LogP contribution in [0.4, 0.5) is 5.82 Å². The first-order valence-corrected chi connectivity index (χ1v) is 3.80. The Morgan fingerprint density at radius 1 is 1.85 bits per heavy atom. The van der Waals surface area contributed by atoms with E-state index < -0.39 is 5.97 Å². The Balaban J connectivity index is 2.45. The van der Waals surface area contributed by atoms with Crippen LogP contribution in [0, 0.1) is 0 Å². The van der Waals surface area contributed by atoms with Crippen molar-refractivity contribution in [1.82, 2.24) is 15.1 Å². The van der Waals surface area contributed by atoms with Crippen molar-refractivity contribution in [3.05, 3.63) is 11.8 Å². The number of rotatable bonds is 4. The molecule has 0 fully saturated rings. The van der Waals surface area contributed by atoms with Crippen LogP contribution in [0.2, 0.25) is 0 Å². The zero-order valence-corrected chi connectivity index (χ0v) is 7.32. The van der Waals surface area contributed by atoms with Crippen LogP contribution in [0.15, 0.2) is 6.20 Å². The number of carboxylic acid groups (broad SMARTS) is 1. The molecule has 0 spiro atoms. The topological polar surface area (TPSA) is 93.2 Å². The number of aliphatic carboxylic acids is 1. The second-order valence-corrected chi connectivity index (χ2v) is 2.71. The average Bonchev–Trinajstić information content (AvgIpc) is 2.29. The van der Waals surface area contributed by atoms with Gasteiger partial charge in [0.25, 0.3) is 0 Å². The van der Waals surface area contributed by atoms with Gasteiger partial charge in [-0.25, -0.2) is 0 Å². The number of nitrogen functional groups attached to an aromatic ring is 1. The first-order chi connectivity index (χ1) is 6.09. The van der Waals surface area contributed by atoms with Gasteiger partial charge in [0, 0.05) is 25.4 Å². The summed E-state index contributed by atoms with van der Waals surface area (Å²) in [6.07, 6.45) is 1.75. The van der Waals surface area contributed by atoms with Crippen molar-refractivity contribution in [2.75, 3.05) is 12.3 Å². The summed E-state index contributed by atoms with van der Waals surface area (Å²) in [4.78, 5) is 10.2. The van der Waals surface area contributed by atoms with E-state index in [1.54, 1.807) is 17.9 Å². The lowest BCUT2D eigenvalue weighted by Gasteiger charge is -1.98. The number of hydrogen-bond donors (Lipinski definition) is 3. The predicted octanol–water partition coefficient (Wildman–Crippen LogP) is -0.823. The number of hydrogen-bond acceptors (Lipinski definition) is 4. The molecule has 0 saturated carbocycles. The Morgan fingerprint density at radius 2 is 2.54 bits per heavy atom. The summed E-state index contributed by atoms with van der Waals surface area (Å²) in [5.41, 5.74) is 6.35. The van der Waals surface area contributed by atoms with Gasteiger partial charge in [0.2, 0.25) is 0 Å². The number of carbonyl (C=O) groups is 1. The Hall–Kier alpha value is -1.56. The quantitative estimate of drug-likeness (QED) is 0.568. The number of aromatic nitrogens is 2. The summed E-state index contributed by atoms with van der Waals surface area (Å²) in [6.45, 7) is 0.348. The SMILES string of the molecule is Cn1cc(CNCC(=O)O)c(N)n1. The largest absolute Gasteiger partial charge is 0.480 e. The number of nitrogens with zero attached hydrogens (tertiary/aromatic N) is 2. The first kappa shape index (κ1) is 9.53. The van der Waals surface area contributed by atoms with Crippen LogP contribution in [0.5, 0.6) is 0 Å². The standard InChI is InChI=1S/C7H12N4O2/c1-11-4-5(7(8)10-11)2-9-3-6(12)13/h4,9H,2-3H2,1H3,(H2,8,10)(H,12,13). The molecular weight excluding hydrogens is 172 g/mol. The molecule has 0 radical (unpaired) electrons. The Morgan fingerprint density at radius 3 is 3.00 bits per heavy atom. The molecule has 72 valence electrons. The minimum Gasteiger partial charge on any atom is -0.480 e. The van der Waals surface area contributed by atoms with Gasteiger partial charge in [-0.1, -0.05) is 0 Å². The second-order valence-electron chi connectivity index (χ2n) is 2.71. The van der Waals surface area contributed by atoms with Crippen molar-refractivity contribution < 1.29 is 9.90 Å². The average molecular weight is 184 g/mol. The third-order valence-electron chi connectivity index (χ3n) is 1.53. The van der Waals surface area contributed by atoms with E-state index in [4.69, 9.17) is 10.8 Å². The van der Waals surface area contributed by atoms with Crippen LogP contribution >= 0.6 is 0 Å². The highest BCUT2D eigenvalue weighted by atomic mass is 16.4. The van der Waals surface area contributed by atoms with Crippen LogP contribution in [0.1, 0.15) is 5.56 Å².